The smallest absolute Gasteiger partial charge is 0.358 e. The summed E-state index contributed by atoms with van der Waals surface area (Å²) in [5.41, 5.74) is 2.49. The number of esters is 1. The minimum absolute atomic E-state index is 0.0108. The molecule has 2 heterocycles. The van der Waals surface area contributed by atoms with Crippen molar-refractivity contribution >= 4 is 61.0 Å². The van der Waals surface area contributed by atoms with Gasteiger partial charge in [-0.05, 0) is 68.2 Å². The number of nitrogens with one attached hydrogen (secondary N) is 1. The van der Waals surface area contributed by atoms with E-state index in [4.69, 9.17) is 21.1 Å². The number of carbonyl (C=O) groups excluding carboxylic acids is 1. The number of hydrogen-bond donors (Lipinski definition) is 1. The first-order chi connectivity index (χ1) is 20.9. The molecule has 0 aliphatic heterocycles. The number of halogens is 3. The van der Waals surface area contributed by atoms with Crippen LogP contribution in [0.3, 0.4) is 0 Å². The average Bonchev–Trinajstić information content (AvgIpc) is 3.03. The molecule has 0 radical (unpaired) electrons. The number of rotatable bonds is 8. The number of benzene rings is 4. The molecule has 4 aromatic carbocycles. The molecular weight excluding hydrogens is 635 g/mol. The molecule has 0 atom stereocenters. The zero-order valence-corrected chi connectivity index (χ0v) is 25.1. The van der Waals surface area contributed by atoms with E-state index in [1.54, 1.807) is 6.20 Å². The monoisotopic (exact) mass is 656 g/mol. The van der Waals surface area contributed by atoms with E-state index in [0.717, 1.165) is 32.8 Å². The first-order valence-electron chi connectivity index (χ1n) is 13.2. The Morgan fingerprint density at radius 1 is 0.977 bits per heavy atom. The highest BCUT2D eigenvalue weighted by Crippen LogP contribution is 2.36. The van der Waals surface area contributed by atoms with Crippen molar-refractivity contribution in [1.29, 1.82) is 0 Å². The summed E-state index contributed by atoms with van der Waals surface area (Å²) >= 11 is 9.61. The van der Waals surface area contributed by atoms with Gasteiger partial charge in [-0.1, -0.05) is 66.2 Å². The third-order valence-electron chi connectivity index (χ3n) is 6.91. The van der Waals surface area contributed by atoms with Gasteiger partial charge < -0.3 is 14.8 Å². The molecule has 0 aliphatic carbocycles. The zero-order chi connectivity index (χ0) is 29.9. The van der Waals surface area contributed by atoms with Crippen molar-refractivity contribution in [3.05, 3.63) is 123 Å². The van der Waals surface area contributed by atoms with Gasteiger partial charge in [-0.3, -0.25) is 4.98 Å². The van der Waals surface area contributed by atoms with Crippen LogP contribution in [0.25, 0.3) is 33.1 Å². The van der Waals surface area contributed by atoms with Gasteiger partial charge in [0.25, 0.3) is 0 Å². The lowest BCUT2D eigenvalue weighted by atomic mass is 10.1. The second kappa shape index (κ2) is 12.3. The number of anilines is 1. The van der Waals surface area contributed by atoms with E-state index in [2.05, 4.69) is 42.3 Å². The minimum Gasteiger partial charge on any atom is -0.492 e. The van der Waals surface area contributed by atoms with Crippen molar-refractivity contribution in [2.45, 2.75) is 13.2 Å². The summed E-state index contributed by atoms with van der Waals surface area (Å²) in [4.78, 5) is 26.8. The van der Waals surface area contributed by atoms with Gasteiger partial charge in [0.05, 0.1) is 27.7 Å². The predicted molar refractivity (Wildman–Crippen MR) is 169 cm³/mol. The van der Waals surface area contributed by atoms with Crippen LogP contribution < -0.4 is 10.1 Å². The van der Waals surface area contributed by atoms with E-state index in [1.165, 1.54) is 19.2 Å². The van der Waals surface area contributed by atoms with Gasteiger partial charge >= 0.3 is 5.97 Å². The predicted octanol–water partition coefficient (Wildman–Crippen LogP) is 8.38. The highest BCUT2D eigenvalue weighted by molar-refractivity contribution is 9.10. The third kappa shape index (κ3) is 5.86. The molecule has 0 aliphatic rings. The Morgan fingerprint density at radius 2 is 1.81 bits per heavy atom. The van der Waals surface area contributed by atoms with Crippen molar-refractivity contribution in [3.8, 4) is 17.1 Å². The number of aromatic nitrogens is 3. The van der Waals surface area contributed by atoms with Crippen molar-refractivity contribution in [2.24, 2.45) is 0 Å². The lowest BCUT2D eigenvalue weighted by Gasteiger charge is -2.15. The number of methoxy groups -OCH3 is 1. The van der Waals surface area contributed by atoms with Crippen LogP contribution in [0.2, 0.25) is 5.02 Å². The molecule has 6 aromatic rings. The topological polar surface area (TPSA) is 86.2 Å². The Morgan fingerprint density at radius 3 is 2.65 bits per heavy atom. The summed E-state index contributed by atoms with van der Waals surface area (Å²) in [7, 11) is 1.32. The molecule has 0 amide bonds. The summed E-state index contributed by atoms with van der Waals surface area (Å²) in [6, 6.07) is 26.4. The number of carbonyl (C=O) groups is 1. The number of hydrogen-bond acceptors (Lipinski definition) is 7. The van der Waals surface area contributed by atoms with Crippen molar-refractivity contribution < 1.29 is 18.7 Å². The maximum atomic E-state index is 15.5. The molecule has 0 saturated carbocycles. The molecule has 7 nitrogen and oxygen atoms in total. The van der Waals surface area contributed by atoms with Crippen LogP contribution in [0.5, 0.6) is 5.75 Å². The molecule has 2 aromatic heterocycles. The van der Waals surface area contributed by atoms with Crippen LogP contribution in [-0.4, -0.2) is 28.0 Å². The highest BCUT2D eigenvalue weighted by atomic mass is 79.9. The van der Waals surface area contributed by atoms with E-state index in [1.807, 2.05) is 66.7 Å². The third-order valence-corrected chi connectivity index (χ3v) is 7.96. The lowest BCUT2D eigenvalue weighted by molar-refractivity contribution is 0.0466. The summed E-state index contributed by atoms with van der Waals surface area (Å²) < 4.78 is 26.6. The number of nitrogens with zero attached hydrogens (tertiary/aromatic N) is 3. The van der Waals surface area contributed by atoms with Gasteiger partial charge in [0.2, 0.25) is 0 Å². The van der Waals surface area contributed by atoms with Gasteiger partial charge in [0.15, 0.2) is 23.1 Å². The van der Waals surface area contributed by atoms with E-state index >= 15 is 4.39 Å². The van der Waals surface area contributed by atoms with Gasteiger partial charge in [0.1, 0.15) is 12.4 Å². The first kappa shape index (κ1) is 28.5. The zero-order valence-electron chi connectivity index (χ0n) is 22.8. The van der Waals surface area contributed by atoms with Crippen molar-refractivity contribution in [1.82, 2.24) is 15.0 Å². The van der Waals surface area contributed by atoms with Crippen LogP contribution in [0.4, 0.5) is 10.2 Å². The molecule has 0 spiro atoms. The number of pyridine rings is 1. The Hall–Kier alpha value is -4.60. The largest absolute Gasteiger partial charge is 0.492 e. The molecule has 10 heteroatoms. The summed E-state index contributed by atoms with van der Waals surface area (Å²) in [6.45, 7) is 0.362. The fourth-order valence-corrected chi connectivity index (χ4v) is 5.45. The van der Waals surface area contributed by atoms with Gasteiger partial charge in [-0.15, -0.1) is 0 Å². The van der Waals surface area contributed by atoms with E-state index in [9.17, 15) is 4.79 Å². The van der Waals surface area contributed by atoms with E-state index in [0.29, 0.717) is 6.54 Å². The number of ether oxygens (including phenoxy) is 2. The van der Waals surface area contributed by atoms with Crippen LogP contribution in [-0.2, 0) is 17.9 Å². The molecular formula is C33H23BrClFN4O3. The fourth-order valence-electron chi connectivity index (χ4n) is 4.75. The van der Waals surface area contributed by atoms with E-state index < -0.39 is 11.8 Å². The summed E-state index contributed by atoms with van der Waals surface area (Å²) in [5.74, 6) is -1.37. The maximum absolute atomic E-state index is 15.5. The van der Waals surface area contributed by atoms with Crippen LogP contribution >= 0.6 is 27.5 Å². The molecule has 43 heavy (non-hydrogen) atoms. The Balaban J connectivity index is 1.35. The lowest BCUT2D eigenvalue weighted by Crippen LogP contribution is -2.13. The molecule has 6 rings (SSSR count). The second-order valence-electron chi connectivity index (χ2n) is 9.60. The van der Waals surface area contributed by atoms with Gasteiger partial charge in [-0.2, -0.15) is 0 Å². The minimum atomic E-state index is -0.750. The Kier molecular flexibility index (Phi) is 8.18. The first-order valence-corrected chi connectivity index (χ1v) is 14.4. The molecule has 1 N–H and O–H groups in total. The van der Waals surface area contributed by atoms with Crippen molar-refractivity contribution in [2.75, 3.05) is 12.4 Å². The second-order valence-corrected chi connectivity index (χ2v) is 10.8. The fraction of sp³-hybridized carbons (Fsp3) is 0.0909. The Bertz CT molecular complexity index is 2000. The molecule has 0 bridgehead atoms. The molecule has 0 unspecified atom stereocenters. The molecule has 214 valence electrons. The van der Waals surface area contributed by atoms with Crippen molar-refractivity contribution in [3.63, 3.8) is 0 Å². The van der Waals surface area contributed by atoms with Crippen LogP contribution in [0.15, 0.2) is 95.6 Å². The summed E-state index contributed by atoms with van der Waals surface area (Å²) in [6.07, 6.45) is 1.70. The molecule has 0 fully saturated rings. The highest BCUT2D eigenvalue weighted by Gasteiger charge is 2.24. The summed E-state index contributed by atoms with van der Waals surface area (Å²) in [5, 5.41) is 6.44. The van der Waals surface area contributed by atoms with Gasteiger partial charge in [-0.25, -0.2) is 19.2 Å². The average molecular weight is 658 g/mol. The SMILES string of the molecule is COc1c(Cl)ccc(-c2nc(NCc3ccc4ccccc4c3)c(Br)c(C(=O)OCc3cccc4ncccc34)n2)c1F. The van der Waals surface area contributed by atoms with Crippen LogP contribution in [0.1, 0.15) is 21.6 Å². The van der Waals surface area contributed by atoms with E-state index in [-0.39, 0.29) is 44.8 Å². The van der Waals surface area contributed by atoms with Gasteiger partial charge in [0, 0.05) is 18.1 Å². The quantitative estimate of drug-likeness (QED) is 0.165. The molecule has 0 saturated heterocycles. The Labute approximate surface area is 259 Å². The number of fused-ring (bicyclic) bond motifs is 2. The van der Waals surface area contributed by atoms with Crippen LogP contribution in [0, 0.1) is 5.82 Å². The maximum Gasteiger partial charge on any atom is 0.358 e. The standard InChI is InChI=1S/C33H23BrClFN4O3/c1-42-30-25(35)14-13-24(28(30)36)31-39-29(33(41)43-18-22-8-4-10-26-23(22)9-5-15-37-26)27(34)32(40-31)38-17-19-11-12-20-6-2-3-7-21(20)16-19/h2-16H,17-18H2,1H3,(H,38,39,40). The normalized spacial score (nSPS) is 11.1.